The van der Waals surface area contributed by atoms with Gasteiger partial charge < -0.3 is 4.74 Å². The fourth-order valence-electron chi connectivity index (χ4n) is 0.819. The number of hydrogen-bond donors (Lipinski definition) is 2. The number of carbonyl (C=O) groups is 1. The molecular formula is C8H17ClN2O4S. The molecule has 0 aromatic rings. The van der Waals surface area contributed by atoms with Gasteiger partial charge in [-0.25, -0.2) is 9.63 Å². The molecule has 0 spiro atoms. The maximum atomic E-state index is 11.3. The van der Waals surface area contributed by atoms with Crippen LogP contribution < -0.4 is 5.43 Å². The molecule has 0 rings (SSSR count). The standard InChI is InChI=1S/C8H17ClN2O4S/c1-8(2,3)15-7(12)6-10-11(5-4-9)16(13)14/h10H,4-6H2,1-3H3,(H,13,14). The maximum absolute atomic E-state index is 11.3. The summed E-state index contributed by atoms with van der Waals surface area (Å²) < 4.78 is 25.5. The van der Waals surface area contributed by atoms with Gasteiger partial charge in [0.05, 0.1) is 0 Å². The first-order valence-electron chi connectivity index (χ1n) is 4.66. The summed E-state index contributed by atoms with van der Waals surface area (Å²) >= 11 is 3.21. The van der Waals surface area contributed by atoms with E-state index in [0.717, 1.165) is 4.41 Å². The Hall–Kier alpha value is -0.210. The van der Waals surface area contributed by atoms with Crippen LogP contribution in [-0.4, -0.2) is 43.7 Å². The van der Waals surface area contributed by atoms with Crippen LogP contribution in [0.4, 0.5) is 0 Å². The molecule has 0 aromatic carbocycles. The molecule has 0 bridgehead atoms. The SMILES string of the molecule is CC(C)(C)OC(=O)CNN(CCCl)S(=O)O. The predicted molar refractivity (Wildman–Crippen MR) is 62.0 cm³/mol. The normalized spacial score (nSPS) is 13.9. The molecular weight excluding hydrogens is 256 g/mol. The molecule has 1 unspecified atom stereocenters. The highest BCUT2D eigenvalue weighted by atomic mass is 35.5. The third-order valence-electron chi connectivity index (χ3n) is 1.30. The number of carbonyl (C=O) groups excluding carboxylic acids is 1. The molecule has 0 radical (unpaired) electrons. The highest BCUT2D eigenvalue weighted by molar-refractivity contribution is 7.76. The van der Waals surface area contributed by atoms with E-state index in [-0.39, 0.29) is 19.0 Å². The van der Waals surface area contributed by atoms with Gasteiger partial charge >= 0.3 is 5.97 Å². The molecule has 0 fully saturated rings. The van der Waals surface area contributed by atoms with Gasteiger partial charge in [0.25, 0.3) is 0 Å². The van der Waals surface area contributed by atoms with Crippen molar-refractivity contribution in [3.8, 4) is 0 Å². The van der Waals surface area contributed by atoms with Crippen molar-refractivity contribution in [1.29, 1.82) is 0 Å². The second-order valence-electron chi connectivity index (χ2n) is 3.94. The van der Waals surface area contributed by atoms with Crippen molar-refractivity contribution in [3.05, 3.63) is 0 Å². The van der Waals surface area contributed by atoms with E-state index < -0.39 is 22.8 Å². The van der Waals surface area contributed by atoms with Crippen LogP contribution in [0.2, 0.25) is 0 Å². The zero-order chi connectivity index (χ0) is 12.8. The van der Waals surface area contributed by atoms with Crippen LogP contribution in [0.15, 0.2) is 0 Å². The summed E-state index contributed by atoms with van der Waals surface area (Å²) in [5, 5.41) is 0. The number of nitrogens with one attached hydrogen (secondary N) is 1. The van der Waals surface area contributed by atoms with Gasteiger partial charge in [-0.1, -0.05) is 0 Å². The summed E-state index contributed by atoms with van der Waals surface area (Å²) in [7, 11) is 0. The van der Waals surface area contributed by atoms with E-state index >= 15 is 0 Å². The molecule has 0 aliphatic heterocycles. The van der Waals surface area contributed by atoms with E-state index in [0.29, 0.717) is 0 Å². The molecule has 0 aromatic heterocycles. The molecule has 0 heterocycles. The van der Waals surface area contributed by atoms with Crippen LogP contribution in [0.1, 0.15) is 20.8 Å². The van der Waals surface area contributed by atoms with Crippen LogP contribution in [0.5, 0.6) is 0 Å². The average Bonchev–Trinajstić information content (AvgIpc) is 2.08. The monoisotopic (exact) mass is 272 g/mol. The first-order valence-corrected chi connectivity index (χ1v) is 6.26. The summed E-state index contributed by atoms with van der Waals surface area (Å²) in [6, 6.07) is 0. The minimum atomic E-state index is -2.21. The van der Waals surface area contributed by atoms with Crippen molar-refractivity contribution in [3.63, 3.8) is 0 Å². The van der Waals surface area contributed by atoms with E-state index in [9.17, 15) is 9.00 Å². The summed E-state index contributed by atoms with van der Waals surface area (Å²) in [6.45, 7) is 5.19. The predicted octanol–water partition coefficient (Wildman–Crippen LogP) is 0.510. The summed E-state index contributed by atoms with van der Waals surface area (Å²) in [4.78, 5) is 11.3. The van der Waals surface area contributed by atoms with Crippen molar-refractivity contribution in [2.24, 2.45) is 0 Å². The van der Waals surface area contributed by atoms with Gasteiger partial charge in [-0.3, -0.25) is 9.35 Å². The second kappa shape index (κ2) is 7.18. The van der Waals surface area contributed by atoms with Gasteiger partial charge in [0.15, 0.2) is 0 Å². The highest BCUT2D eigenvalue weighted by Gasteiger charge is 2.18. The van der Waals surface area contributed by atoms with Crippen molar-refractivity contribution in [2.45, 2.75) is 26.4 Å². The van der Waals surface area contributed by atoms with Crippen LogP contribution in [0, 0.1) is 0 Å². The van der Waals surface area contributed by atoms with E-state index in [4.69, 9.17) is 20.9 Å². The third-order valence-corrected chi connectivity index (χ3v) is 2.15. The number of ether oxygens (including phenoxy) is 1. The van der Waals surface area contributed by atoms with Gasteiger partial charge in [-0.05, 0) is 20.8 Å². The summed E-state index contributed by atoms with van der Waals surface area (Å²) in [5.74, 6) is -0.328. The van der Waals surface area contributed by atoms with E-state index in [1.807, 2.05) is 0 Å². The van der Waals surface area contributed by atoms with Gasteiger partial charge in [-0.2, -0.15) is 0 Å². The van der Waals surface area contributed by atoms with Crippen molar-refractivity contribution >= 4 is 28.8 Å². The summed E-state index contributed by atoms with van der Waals surface area (Å²) in [5.41, 5.74) is 1.89. The molecule has 0 aliphatic carbocycles. The largest absolute Gasteiger partial charge is 0.459 e. The number of hydrazine groups is 1. The molecule has 1 atom stereocenters. The minimum Gasteiger partial charge on any atom is -0.459 e. The third kappa shape index (κ3) is 8.00. The number of halogens is 1. The first-order chi connectivity index (χ1) is 7.26. The summed E-state index contributed by atoms with van der Waals surface area (Å²) in [6.07, 6.45) is 0. The van der Waals surface area contributed by atoms with Crippen molar-refractivity contribution in [1.82, 2.24) is 9.84 Å². The topological polar surface area (TPSA) is 78.9 Å². The Bertz CT molecular complexity index is 257. The van der Waals surface area contributed by atoms with Crippen LogP contribution in [0.25, 0.3) is 0 Å². The highest BCUT2D eigenvalue weighted by Crippen LogP contribution is 2.06. The Morgan fingerprint density at radius 3 is 2.50 bits per heavy atom. The smallest absolute Gasteiger partial charge is 0.321 e. The molecule has 0 saturated heterocycles. The molecule has 8 heteroatoms. The Kier molecular flexibility index (Phi) is 7.09. The fourth-order valence-corrected chi connectivity index (χ4v) is 1.51. The zero-order valence-electron chi connectivity index (χ0n) is 9.53. The van der Waals surface area contributed by atoms with Gasteiger partial charge in [-0.15, -0.1) is 16.0 Å². The van der Waals surface area contributed by atoms with Crippen LogP contribution in [0.3, 0.4) is 0 Å². The fraction of sp³-hybridized carbons (Fsp3) is 0.875. The number of esters is 1. The first kappa shape index (κ1) is 15.8. The Morgan fingerprint density at radius 1 is 1.56 bits per heavy atom. The lowest BCUT2D eigenvalue weighted by atomic mass is 10.2. The quantitative estimate of drug-likeness (QED) is 0.319. The lowest BCUT2D eigenvalue weighted by molar-refractivity contribution is -0.154. The number of alkyl halides is 1. The maximum Gasteiger partial charge on any atom is 0.321 e. The molecule has 96 valence electrons. The van der Waals surface area contributed by atoms with E-state index in [1.165, 1.54) is 0 Å². The van der Waals surface area contributed by atoms with Crippen molar-refractivity contribution in [2.75, 3.05) is 19.0 Å². The average molecular weight is 273 g/mol. The molecule has 2 N–H and O–H groups in total. The Morgan fingerprint density at radius 2 is 2.12 bits per heavy atom. The molecule has 0 aliphatic rings. The van der Waals surface area contributed by atoms with Gasteiger partial charge in [0.2, 0.25) is 11.3 Å². The van der Waals surface area contributed by atoms with Crippen molar-refractivity contribution < 1.29 is 18.3 Å². The minimum absolute atomic E-state index is 0.146. The van der Waals surface area contributed by atoms with E-state index in [2.05, 4.69) is 5.43 Å². The van der Waals surface area contributed by atoms with Crippen LogP contribution >= 0.6 is 11.6 Å². The molecule has 16 heavy (non-hydrogen) atoms. The lowest BCUT2D eigenvalue weighted by Crippen LogP contribution is -2.44. The second-order valence-corrected chi connectivity index (χ2v) is 5.22. The van der Waals surface area contributed by atoms with Gasteiger partial charge in [0, 0.05) is 12.4 Å². The Balaban J connectivity index is 4.01. The number of hydrogen-bond acceptors (Lipinski definition) is 4. The van der Waals surface area contributed by atoms with E-state index in [1.54, 1.807) is 20.8 Å². The lowest BCUT2D eigenvalue weighted by Gasteiger charge is -2.21. The molecule has 0 amide bonds. The number of nitrogens with zero attached hydrogens (tertiary/aromatic N) is 1. The molecule has 6 nitrogen and oxygen atoms in total. The van der Waals surface area contributed by atoms with Crippen LogP contribution in [-0.2, 0) is 20.8 Å². The zero-order valence-corrected chi connectivity index (χ0v) is 11.1. The van der Waals surface area contributed by atoms with Gasteiger partial charge in [0.1, 0.15) is 12.1 Å². The number of rotatable bonds is 6. The molecule has 0 saturated carbocycles. The Labute approximate surface area is 103 Å².